The van der Waals surface area contributed by atoms with E-state index in [-0.39, 0.29) is 16.4 Å². The predicted octanol–water partition coefficient (Wildman–Crippen LogP) is 3.23. The van der Waals surface area contributed by atoms with Crippen molar-refractivity contribution in [2.45, 2.75) is 33.1 Å². The molecule has 0 unspecified atom stereocenters. The van der Waals surface area contributed by atoms with Gasteiger partial charge in [-0.2, -0.15) is 0 Å². The van der Waals surface area contributed by atoms with Gasteiger partial charge in [0.05, 0.1) is 0 Å². The fraction of sp³-hybridized carbons (Fsp3) is 0.294. The number of rotatable bonds is 2. The summed E-state index contributed by atoms with van der Waals surface area (Å²) in [6, 6.07) is 9.06. The zero-order valence-corrected chi connectivity index (χ0v) is 12.8. The summed E-state index contributed by atoms with van der Waals surface area (Å²) in [7, 11) is 0. The number of para-hydroxylation sites is 1. The van der Waals surface area contributed by atoms with Gasteiger partial charge in [0.1, 0.15) is 5.56 Å². The second-order valence-electron chi connectivity index (χ2n) is 6.14. The molecule has 0 atom stereocenters. The Bertz CT molecular complexity index is 724. The number of H-pyrrole nitrogens is 1. The molecule has 0 radical (unpaired) electrons. The van der Waals surface area contributed by atoms with Crippen molar-refractivity contribution in [2.24, 2.45) is 0 Å². The quantitative estimate of drug-likeness (QED) is 0.889. The number of aromatic nitrogens is 1. The number of hydrogen-bond acceptors (Lipinski definition) is 2. The number of carbonyl (C=O) groups excluding carboxylic acids is 1. The minimum atomic E-state index is -0.395. The van der Waals surface area contributed by atoms with E-state index in [1.54, 1.807) is 6.92 Å². The monoisotopic (exact) mass is 284 g/mol. The van der Waals surface area contributed by atoms with Gasteiger partial charge in [-0.15, -0.1) is 0 Å². The van der Waals surface area contributed by atoms with Crippen LogP contribution < -0.4 is 10.7 Å². The number of benzene rings is 1. The highest BCUT2D eigenvalue weighted by Gasteiger charge is 2.19. The Labute approximate surface area is 124 Å². The van der Waals surface area contributed by atoms with E-state index in [0.717, 1.165) is 16.9 Å². The van der Waals surface area contributed by atoms with E-state index < -0.39 is 5.91 Å². The Morgan fingerprint density at radius 3 is 2.48 bits per heavy atom. The first-order valence-electron chi connectivity index (χ1n) is 6.89. The summed E-state index contributed by atoms with van der Waals surface area (Å²) >= 11 is 0. The molecule has 0 fully saturated rings. The molecule has 110 valence electrons. The molecule has 1 aromatic heterocycles. The molecule has 1 amide bonds. The van der Waals surface area contributed by atoms with Gasteiger partial charge in [0.15, 0.2) is 5.43 Å². The number of hydrogen-bond donors (Lipinski definition) is 2. The molecule has 1 aromatic carbocycles. The van der Waals surface area contributed by atoms with E-state index in [2.05, 4.69) is 31.1 Å². The Morgan fingerprint density at radius 1 is 1.19 bits per heavy atom. The number of carbonyl (C=O) groups is 1. The first-order chi connectivity index (χ1) is 9.79. The number of pyridine rings is 1. The largest absolute Gasteiger partial charge is 0.364 e. The maximum absolute atomic E-state index is 12.3. The molecule has 0 saturated carbocycles. The van der Waals surface area contributed by atoms with Crippen LogP contribution in [0, 0.1) is 6.92 Å². The smallest absolute Gasteiger partial charge is 0.261 e. The highest BCUT2D eigenvalue weighted by atomic mass is 16.2. The average Bonchev–Trinajstić information content (AvgIpc) is 2.37. The van der Waals surface area contributed by atoms with Crippen LogP contribution in [0.25, 0.3) is 0 Å². The molecule has 0 saturated heterocycles. The average molecular weight is 284 g/mol. The van der Waals surface area contributed by atoms with Gasteiger partial charge in [0.25, 0.3) is 5.91 Å². The predicted molar refractivity (Wildman–Crippen MR) is 84.9 cm³/mol. The number of anilines is 1. The fourth-order valence-electron chi connectivity index (χ4n) is 2.19. The lowest BCUT2D eigenvalue weighted by atomic mass is 9.86. The molecule has 2 aromatic rings. The third-order valence-electron chi connectivity index (χ3n) is 3.29. The SMILES string of the molecule is Cc1cc(=O)c(C(=O)Nc2ccccc2C(C)(C)C)c[nH]1. The Kier molecular flexibility index (Phi) is 3.98. The van der Waals surface area contributed by atoms with E-state index in [0.29, 0.717) is 0 Å². The topological polar surface area (TPSA) is 62.0 Å². The van der Waals surface area contributed by atoms with Crippen LogP contribution in [0.15, 0.2) is 41.3 Å². The molecule has 2 N–H and O–H groups in total. The van der Waals surface area contributed by atoms with Gasteiger partial charge in [-0.05, 0) is 24.0 Å². The van der Waals surface area contributed by atoms with E-state index in [1.807, 2.05) is 24.3 Å². The second-order valence-corrected chi connectivity index (χ2v) is 6.14. The third kappa shape index (κ3) is 3.40. The minimum Gasteiger partial charge on any atom is -0.364 e. The van der Waals surface area contributed by atoms with Gasteiger partial charge in [-0.1, -0.05) is 39.0 Å². The molecule has 4 nitrogen and oxygen atoms in total. The van der Waals surface area contributed by atoms with Crippen molar-refractivity contribution < 1.29 is 4.79 Å². The summed E-state index contributed by atoms with van der Waals surface area (Å²) < 4.78 is 0. The van der Waals surface area contributed by atoms with Crippen molar-refractivity contribution >= 4 is 11.6 Å². The molecule has 4 heteroatoms. The van der Waals surface area contributed by atoms with E-state index >= 15 is 0 Å². The van der Waals surface area contributed by atoms with Crippen molar-refractivity contribution in [1.82, 2.24) is 4.98 Å². The number of aryl methyl sites for hydroxylation is 1. The van der Waals surface area contributed by atoms with Gasteiger partial charge < -0.3 is 10.3 Å². The standard InChI is InChI=1S/C17H20N2O2/c1-11-9-15(20)12(10-18-11)16(21)19-14-8-6-5-7-13(14)17(2,3)4/h5-10H,1-4H3,(H,18,20)(H,19,21). The maximum Gasteiger partial charge on any atom is 0.261 e. The number of nitrogens with one attached hydrogen (secondary N) is 2. The lowest BCUT2D eigenvalue weighted by Gasteiger charge is -2.22. The van der Waals surface area contributed by atoms with Crippen LogP contribution in [-0.2, 0) is 5.41 Å². The Morgan fingerprint density at radius 2 is 1.86 bits per heavy atom. The third-order valence-corrected chi connectivity index (χ3v) is 3.29. The van der Waals surface area contributed by atoms with Crippen molar-refractivity contribution in [1.29, 1.82) is 0 Å². The van der Waals surface area contributed by atoms with Crippen LogP contribution in [0.1, 0.15) is 42.4 Å². The van der Waals surface area contributed by atoms with Crippen molar-refractivity contribution in [2.75, 3.05) is 5.32 Å². The van der Waals surface area contributed by atoms with Gasteiger partial charge in [0.2, 0.25) is 0 Å². The summed E-state index contributed by atoms with van der Waals surface area (Å²) in [6.07, 6.45) is 1.45. The molecule has 0 bridgehead atoms. The Hall–Kier alpha value is -2.36. The Balaban J connectivity index is 2.35. The van der Waals surface area contributed by atoms with Gasteiger partial charge in [-0.25, -0.2) is 0 Å². The second kappa shape index (κ2) is 5.56. The van der Waals surface area contributed by atoms with Crippen molar-refractivity contribution in [3.8, 4) is 0 Å². The van der Waals surface area contributed by atoms with Gasteiger partial charge >= 0.3 is 0 Å². The van der Waals surface area contributed by atoms with Gasteiger partial charge in [-0.3, -0.25) is 9.59 Å². The van der Waals surface area contributed by atoms with Crippen LogP contribution in [0.2, 0.25) is 0 Å². The lowest BCUT2D eigenvalue weighted by Crippen LogP contribution is -2.23. The summed E-state index contributed by atoms with van der Waals surface area (Å²) in [5.41, 5.74) is 2.23. The molecular weight excluding hydrogens is 264 g/mol. The fourth-order valence-corrected chi connectivity index (χ4v) is 2.19. The zero-order chi connectivity index (χ0) is 15.6. The summed E-state index contributed by atoms with van der Waals surface area (Å²) in [6.45, 7) is 8.02. The molecule has 0 aliphatic rings. The highest BCUT2D eigenvalue weighted by Crippen LogP contribution is 2.29. The van der Waals surface area contributed by atoms with E-state index in [9.17, 15) is 9.59 Å². The minimum absolute atomic E-state index is 0.0937. The summed E-state index contributed by atoms with van der Waals surface area (Å²) in [5.74, 6) is -0.395. The maximum atomic E-state index is 12.3. The number of amides is 1. The molecule has 21 heavy (non-hydrogen) atoms. The van der Waals surface area contributed by atoms with E-state index in [4.69, 9.17) is 0 Å². The molecule has 0 spiro atoms. The van der Waals surface area contributed by atoms with Crippen LogP contribution in [-0.4, -0.2) is 10.9 Å². The molecular formula is C17H20N2O2. The van der Waals surface area contributed by atoms with Crippen LogP contribution in [0.3, 0.4) is 0 Å². The summed E-state index contributed by atoms with van der Waals surface area (Å²) in [5, 5.41) is 2.83. The van der Waals surface area contributed by atoms with Crippen LogP contribution in [0.5, 0.6) is 0 Å². The van der Waals surface area contributed by atoms with Crippen LogP contribution >= 0.6 is 0 Å². The van der Waals surface area contributed by atoms with Crippen LogP contribution in [0.4, 0.5) is 5.69 Å². The molecule has 2 rings (SSSR count). The molecule has 0 aliphatic carbocycles. The molecule has 1 heterocycles. The zero-order valence-electron chi connectivity index (χ0n) is 12.8. The number of aromatic amines is 1. The van der Waals surface area contributed by atoms with E-state index in [1.165, 1.54) is 12.3 Å². The normalized spacial score (nSPS) is 11.2. The van der Waals surface area contributed by atoms with Crippen molar-refractivity contribution in [3.05, 3.63) is 63.6 Å². The first-order valence-corrected chi connectivity index (χ1v) is 6.89. The van der Waals surface area contributed by atoms with Gasteiger partial charge in [0, 0.05) is 23.6 Å². The molecule has 0 aliphatic heterocycles. The first kappa shape index (κ1) is 15.0. The summed E-state index contributed by atoms with van der Waals surface area (Å²) in [4.78, 5) is 27.1. The van der Waals surface area contributed by atoms with Crippen molar-refractivity contribution in [3.63, 3.8) is 0 Å². The highest BCUT2D eigenvalue weighted by molar-refractivity contribution is 6.04. The lowest BCUT2D eigenvalue weighted by molar-refractivity contribution is 0.102.